The van der Waals surface area contributed by atoms with Crippen molar-refractivity contribution in [2.75, 3.05) is 51.1 Å². The largest absolute Gasteiger partial charge is 0.493 e. The number of carbonyl (C=O) groups is 1. The molecule has 0 radical (unpaired) electrons. The van der Waals surface area contributed by atoms with Gasteiger partial charge in [0.25, 0.3) is 5.91 Å². The van der Waals surface area contributed by atoms with Gasteiger partial charge in [0, 0.05) is 54.8 Å². The van der Waals surface area contributed by atoms with Crippen LogP contribution in [0.3, 0.4) is 0 Å². The summed E-state index contributed by atoms with van der Waals surface area (Å²) in [5, 5.41) is 3.85. The highest BCUT2D eigenvalue weighted by atomic mass is 32.2. The second kappa shape index (κ2) is 11.9. The standard InChI is InChI=1S/C28H37N3O3S/c1-5-20(2)35-17-7-10-24(21-11-12-26(33-3)27(18-21)34-4)31-19-23-22(28(31)32)8-6-9-25(23)30-15-13-29-14-16-30/h5-6,8-9,11-12,18,20,24,29H,1,7,10,13-17,19H2,2-4H3/t20?,24-/m1/s1. The lowest BCUT2D eigenvalue weighted by atomic mass is 10.00. The number of thioether (sulfide) groups is 1. The average molecular weight is 496 g/mol. The molecular weight excluding hydrogens is 458 g/mol. The molecule has 1 saturated heterocycles. The zero-order chi connectivity index (χ0) is 24.8. The summed E-state index contributed by atoms with van der Waals surface area (Å²) >= 11 is 1.90. The number of piperazine rings is 1. The van der Waals surface area contributed by atoms with E-state index in [4.69, 9.17) is 9.47 Å². The Hall–Kier alpha value is -2.64. The summed E-state index contributed by atoms with van der Waals surface area (Å²) in [6.45, 7) is 10.5. The number of hydrogen-bond donors (Lipinski definition) is 1. The van der Waals surface area contributed by atoms with Gasteiger partial charge in [0.2, 0.25) is 0 Å². The first-order chi connectivity index (χ1) is 17.1. The maximum absolute atomic E-state index is 13.7. The third kappa shape index (κ3) is 5.62. The summed E-state index contributed by atoms with van der Waals surface area (Å²) in [5.41, 5.74) is 4.26. The van der Waals surface area contributed by atoms with Crippen molar-refractivity contribution < 1.29 is 14.3 Å². The van der Waals surface area contributed by atoms with Gasteiger partial charge in [-0.15, -0.1) is 6.58 Å². The number of fused-ring (bicyclic) bond motifs is 1. The monoisotopic (exact) mass is 495 g/mol. The van der Waals surface area contributed by atoms with Gasteiger partial charge in [-0.05, 0) is 55.3 Å². The van der Waals surface area contributed by atoms with E-state index in [0.717, 1.165) is 61.5 Å². The molecule has 0 spiro atoms. The van der Waals surface area contributed by atoms with Crippen LogP contribution in [0.15, 0.2) is 49.1 Å². The highest BCUT2D eigenvalue weighted by Gasteiger charge is 2.36. The first-order valence-corrected chi connectivity index (χ1v) is 13.5. The number of nitrogens with one attached hydrogen (secondary N) is 1. The van der Waals surface area contributed by atoms with Crippen molar-refractivity contribution >= 4 is 23.4 Å². The highest BCUT2D eigenvalue weighted by Crippen LogP contribution is 2.40. The lowest BCUT2D eigenvalue weighted by Crippen LogP contribution is -2.43. The van der Waals surface area contributed by atoms with E-state index in [0.29, 0.717) is 23.3 Å². The van der Waals surface area contributed by atoms with Crippen LogP contribution in [0.25, 0.3) is 0 Å². The molecule has 1 unspecified atom stereocenters. The van der Waals surface area contributed by atoms with Crippen molar-refractivity contribution in [2.45, 2.75) is 37.6 Å². The fourth-order valence-corrected chi connectivity index (χ4v) is 5.81. The fraction of sp³-hybridized carbons (Fsp3) is 0.464. The van der Waals surface area contributed by atoms with E-state index in [2.05, 4.69) is 40.8 Å². The molecule has 2 heterocycles. The van der Waals surface area contributed by atoms with Gasteiger partial charge in [0.15, 0.2) is 11.5 Å². The minimum Gasteiger partial charge on any atom is -0.493 e. The molecule has 188 valence electrons. The smallest absolute Gasteiger partial charge is 0.255 e. The van der Waals surface area contributed by atoms with Crippen molar-refractivity contribution in [3.05, 3.63) is 65.7 Å². The van der Waals surface area contributed by atoms with Crippen LogP contribution in [0.4, 0.5) is 5.69 Å². The van der Waals surface area contributed by atoms with Crippen molar-refractivity contribution in [3.8, 4) is 11.5 Å². The second-order valence-corrected chi connectivity index (χ2v) is 10.5. The van der Waals surface area contributed by atoms with E-state index in [1.165, 1.54) is 5.69 Å². The molecule has 2 atom stereocenters. The van der Waals surface area contributed by atoms with Gasteiger partial charge in [-0.1, -0.05) is 18.2 Å². The van der Waals surface area contributed by atoms with Crippen LogP contribution in [-0.4, -0.2) is 62.2 Å². The Balaban J connectivity index is 1.62. The molecule has 2 aliphatic heterocycles. The molecule has 0 aromatic heterocycles. The Morgan fingerprint density at radius 3 is 2.63 bits per heavy atom. The molecule has 2 aromatic carbocycles. The zero-order valence-electron chi connectivity index (χ0n) is 21.1. The fourth-order valence-electron chi connectivity index (χ4n) is 4.97. The first kappa shape index (κ1) is 25.5. The summed E-state index contributed by atoms with van der Waals surface area (Å²) in [5.74, 6) is 2.53. The lowest BCUT2D eigenvalue weighted by Gasteiger charge is -2.32. The van der Waals surface area contributed by atoms with Crippen molar-refractivity contribution in [2.24, 2.45) is 0 Å². The van der Waals surface area contributed by atoms with Crippen molar-refractivity contribution in [1.29, 1.82) is 0 Å². The van der Waals surface area contributed by atoms with Crippen LogP contribution >= 0.6 is 11.8 Å². The van der Waals surface area contributed by atoms with Gasteiger partial charge in [-0.25, -0.2) is 0 Å². The zero-order valence-corrected chi connectivity index (χ0v) is 21.9. The van der Waals surface area contributed by atoms with Gasteiger partial charge < -0.3 is 24.6 Å². The first-order valence-electron chi connectivity index (χ1n) is 12.4. The Kier molecular flexibility index (Phi) is 8.63. The van der Waals surface area contributed by atoms with Crippen LogP contribution in [0, 0.1) is 0 Å². The Bertz CT molecular complexity index is 1040. The maximum atomic E-state index is 13.7. The van der Waals surface area contributed by atoms with E-state index in [1.54, 1.807) is 14.2 Å². The molecule has 0 bridgehead atoms. The lowest BCUT2D eigenvalue weighted by molar-refractivity contribution is 0.0690. The molecule has 2 aromatic rings. The number of nitrogens with zero attached hydrogens (tertiary/aromatic N) is 2. The van der Waals surface area contributed by atoms with Crippen LogP contribution in [0.2, 0.25) is 0 Å². The Labute approximate surface area is 213 Å². The summed E-state index contributed by atoms with van der Waals surface area (Å²) in [4.78, 5) is 18.2. The Morgan fingerprint density at radius 2 is 1.91 bits per heavy atom. The predicted octanol–water partition coefficient (Wildman–Crippen LogP) is 4.90. The molecule has 0 saturated carbocycles. The number of benzene rings is 2. The molecule has 4 rings (SSSR count). The van der Waals surface area contributed by atoms with E-state index in [9.17, 15) is 4.79 Å². The maximum Gasteiger partial charge on any atom is 0.255 e. The molecule has 2 aliphatic rings. The number of hydrogen-bond acceptors (Lipinski definition) is 6. The van der Waals surface area contributed by atoms with E-state index in [-0.39, 0.29) is 11.9 Å². The van der Waals surface area contributed by atoms with E-state index >= 15 is 0 Å². The van der Waals surface area contributed by atoms with Gasteiger partial charge in [-0.2, -0.15) is 11.8 Å². The molecule has 1 amide bonds. The van der Waals surface area contributed by atoms with E-state index < -0.39 is 0 Å². The molecule has 0 aliphatic carbocycles. The molecular formula is C28H37N3O3S. The third-order valence-corrected chi connectivity index (χ3v) is 8.17. The third-order valence-electron chi connectivity index (χ3n) is 6.93. The van der Waals surface area contributed by atoms with Crippen molar-refractivity contribution in [3.63, 3.8) is 0 Å². The van der Waals surface area contributed by atoms with Gasteiger partial charge >= 0.3 is 0 Å². The normalized spacial score (nSPS) is 17.2. The number of amides is 1. The number of carbonyl (C=O) groups excluding carboxylic acids is 1. The molecule has 7 heteroatoms. The molecule has 6 nitrogen and oxygen atoms in total. The number of anilines is 1. The summed E-state index contributed by atoms with van der Waals surface area (Å²) in [6.07, 6.45) is 3.87. The second-order valence-electron chi connectivity index (χ2n) is 9.06. The van der Waals surface area contributed by atoms with Crippen molar-refractivity contribution in [1.82, 2.24) is 10.2 Å². The Morgan fingerprint density at radius 1 is 1.14 bits per heavy atom. The van der Waals surface area contributed by atoms with Gasteiger partial charge in [-0.3, -0.25) is 4.79 Å². The van der Waals surface area contributed by atoms with Crippen LogP contribution < -0.4 is 19.7 Å². The van der Waals surface area contributed by atoms with Gasteiger partial charge in [0.1, 0.15) is 0 Å². The summed E-state index contributed by atoms with van der Waals surface area (Å²) in [7, 11) is 3.30. The topological polar surface area (TPSA) is 54.0 Å². The average Bonchev–Trinajstić information content (AvgIpc) is 3.24. The SMILES string of the molecule is C=CC(C)SCCC[C@H](c1ccc(OC)c(OC)c1)N1Cc2c(cccc2N2CCNCC2)C1=O. The molecule has 1 N–H and O–H groups in total. The molecule has 35 heavy (non-hydrogen) atoms. The minimum absolute atomic E-state index is 0.0368. The molecule has 1 fully saturated rings. The quantitative estimate of drug-likeness (QED) is 0.354. The number of methoxy groups -OCH3 is 2. The number of rotatable bonds is 11. The van der Waals surface area contributed by atoms with E-state index in [1.807, 2.05) is 42.1 Å². The van der Waals surface area contributed by atoms with Crippen LogP contribution in [0.1, 0.15) is 47.3 Å². The van der Waals surface area contributed by atoms with Crippen LogP contribution in [-0.2, 0) is 6.54 Å². The summed E-state index contributed by atoms with van der Waals surface area (Å²) < 4.78 is 11.1. The highest BCUT2D eigenvalue weighted by molar-refractivity contribution is 8.00. The summed E-state index contributed by atoms with van der Waals surface area (Å²) in [6, 6.07) is 12.2. The van der Waals surface area contributed by atoms with Gasteiger partial charge in [0.05, 0.1) is 20.3 Å². The minimum atomic E-state index is -0.0368. The van der Waals surface area contributed by atoms with Crippen LogP contribution in [0.5, 0.6) is 11.5 Å². The predicted molar refractivity (Wildman–Crippen MR) is 145 cm³/mol. The number of ether oxygens (including phenoxy) is 2.